The molecule has 0 saturated heterocycles. The first-order valence-corrected chi connectivity index (χ1v) is 5.76. The Balaban J connectivity index is 1.84. The number of hydrogen-bond donors (Lipinski definition) is 1. The van der Waals surface area contributed by atoms with Crippen molar-refractivity contribution in [1.29, 1.82) is 0 Å². The minimum atomic E-state index is -0.123. The standard InChI is InChI=1S/C10H12BrNO2/c11-6-10(3-4-10)7-12-9(13)8-2-1-5-14-8/h1-2,5H,3-4,6-7H2,(H,12,13). The van der Waals surface area contributed by atoms with Gasteiger partial charge in [-0.1, -0.05) is 15.9 Å². The van der Waals surface area contributed by atoms with Crippen LogP contribution in [0.15, 0.2) is 22.8 Å². The van der Waals surface area contributed by atoms with E-state index in [4.69, 9.17) is 4.42 Å². The highest BCUT2D eigenvalue weighted by Crippen LogP contribution is 2.46. The second-order valence-electron chi connectivity index (χ2n) is 3.79. The van der Waals surface area contributed by atoms with E-state index in [2.05, 4.69) is 21.2 Å². The number of nitrogens with one attached hydrogen (secondary N) is 1. The van der Waals surface area contributed by atoms with Crippen LogP contribution in [-0.4, -0.2) is 17.8 Å². The van der Waals surface area contributed by atoms with Crippen LogP contribution in [0.2, 0.25) is 0 Å². The van der Waals surface area contributed by atoms with Crippen molar-refractivity contribution in [2.75, 3.05) is 11.9 Å². The van der Waals surface area contributed by atoms with Crippen molar-refractivity contribution in [3.8, 4) is 0 Å². The molecule has 0 aromatic carbocycles. The molecule has 1 heterocycles. The zero-order valence-electron chi connectivity index (χ0n) is 7.75. The Morgan fingerprint density at radius 1 is 1.64 bits per heavy atom. The summed E-state index contributed by atoms with van der Waals surface area (Å²) in [5.41, 5.74) is 0.308. The monoisotopic (exact) mass is 257 g/mol. The lowest BCUT2D eigenvalue weighted by Gasteiger charge is -2.11. The topological polar surface area (TPSA) is 42.2 Å². The van der Waals surface area contributed by atoms with Gasteiger partial charge in [-0.25, -0.2) is 0 Å². The molecule has 0 unspecified atom stereocenters. The molecule has 0 spiro atoms. The largest absolute Gasteiger partial charge is 0.459 e. The number of halogens is 1. The van der Waals surface area contributed by atoms with Crippen molar-refractivity contribution in [1.82, 2.24) is 5.32 Å². The van der Waals surface area contributed by atoms with Gasteiger partial charge in [0.05, 0.1) is 6.26 Å². The van der Waals surface area contributed by atoms with Crippen LogP contribution in [0.5, 0.6) is 0 Å². The van der Waals surface area contributed by atoms with Crippen LogP contribution in [0.4, 0.5) is 0 Å². The van der Waals surface area contributed by atoms with Crippen molar-refractivity contribution in [2.45, 2.75) is 12.8 Å². The second kappa shape index (κ2) is 3.77. The average Bonchev–Trinajstić information content (AvgIpc) is 2.78. The van der Waals surface area contributed by atoms with Gasteiger partial charge in [-0.3, -0.25) is 4.79 Å². The van der Waals surface area contributed by atoms with E-state index < -0.39 is 0 Å². The van der Waals surface area contributed by atoms with Crippen LogP contribution in [0.25, 0.3) is 0 Å². The average molecular weight is 258 g/mol. The molecule has 1 saturated carbocycles. The normalized spacial score (nSPS) is 17.8. The van der Waals surface area contributed by atoms with Crippen molar-refractivity contribution >= 4 is 21.8 Å². The lowest BCUT2D eigenvalue weighted by Crippen LogP contribution is -2.30. The third-order valence-corrected chi connectivity index (χ3v) is 3.80. The number of hydrogen-bond acceptors (Lipinski definition) is 2. The number of amides is 1. The van der Waals surface area contributed by atoms with Crippen molar-refractivity contribution in [3.63, 3.8) is 0 Å². The van der Waals surface area contributed by atoms with E-state index >= 15 is 0 Å². The molecule has 0 atom stereocenters. The van der Waals surface area contributed by atoms with Gasteiger partial charge in [0.25, 0.3) is 5.91 Å². The predicted octanol–water partition coefficient (Wildman–Crippen LogP) is 2.18. The van der Waals surface area contributed by atoms with Crippen LogP contribution >= 0.6 is 15.9 Å². The van der Waals surface area contributed by atoms with Crippen LogP contribution < -0.4 is 5.32 Å². The molecule has 0 aliphatic heterocycles. The molecule has 76 valence electrons. The van der Waals surface area contributed by atoms with E-state index in [0.717, 1.165) is 11.9 Å². The van der Waals surface area contributed by atoms with E-state index in [1.165, 1.54) is 19.1 Å². The van der Waals surface area contributed by atoms with Crippen molar-refractivity contribution in [2.24, 2.45) is 5.41 Å². The Morgan fingerprint density at radius 3 is 2.93 bits per heavy atom. The third kappa shape index (κ3) is 2.00. The molecule has 1 fully saturated rings. The molecule has 1 aliphatic rings. The fourth-order valence-corrected chi connectivity index (χ4v) is 2.06. The van der Waals surface area contributed by atoms with Gasteiger partial charge in [0.15, 0.2) is 5.76 Å². The highest BCUT2D eigenvalue weighted by molar-refractivity contribution is 9.09. The molecule has 0 bridgehead atoms. The minimum Gasteiger partial charge on any atom is -0.459 e. The Labute approximate surface area is 91.0 Å². The van der Waals surface area contributed by atoms with E-state index in [-0.39, 0.29) is 5.91 Å². The maximum atomic E-state index is 11.5. The Morgan fingerprint density at radius 2 is 2.43 bits per heavy atom. The first-order chi connectivity index (χ1) is 6.76. The number of rotatable bonds is 4. The lowest BCUT2D eigenvalue weighted by molar-refractivity contribution is 0.0919. The third-order valence-electron chi connectivity index (χ3n) is 2.61. The van der Waals surface area contributed by atoms with E-state index in [9.17, 15) is 4.79 Å². The molecular weight excluding hydrogens is 246 g/mol. The van der Waals surface area contributed by atoms with Crippen LogP contribution in [0.3, 0.4) is 0 Å². The number of carbonyl (C=O) groups excluding carboxylic acids is 1. The summed E-state index contributed by atoms with van der Waals surface area (Å²) in [6, 6.07) is 3.38. The Kier molecular flexibility index (Phi) is 2.63. The molecule has 0 radical (unpaired) electrons. The molecule has 14 heavy (non-hydrogen) atoms. The molecule has 1 aliphatic carbocycles. The van der Waals surface area contributed by atoms with E-state index in [1.54, 1.807) is 12.1 Å². The van der Waals surface area contributed by atoms with E-state index in [0.29, 0.717) is 11.2 Å². The minimum absolute atomic E-state index is 0.123. The Hall–Kier alpha value is -0.770. The van der Waals surface area contributed by atoms with Gasteiger partial charge in [0.2, 0.25) is 0 Å². The summed E-state index contributed by atoms with van der Waals surface area (Å²) in [5, 5.41) is 3.83. The van der Waals surface area contributed by atoms with Crippen LogP contribution in [0, 0.1) is 5.41 Å². The van der Waals surface area contributed by atoms with Gasteiger partial charge >= 0.3 is 0 Å². The highest BCUT2D eigenvalue weighted by atomic mass is 79.9. The van der Waals surface area contributed by atoms with Crippen molar-refractivity contribution in [3.05, 3.63) is 24.2 Å². The summed E-state index contributed by atoms with van der Waals surface area (Å²) in [7, 11) is 0. The summed E-state index contributed by atoms with van der Waals surface area (Å²) in [6.45, 7) is 0.734. The SMILES string of the molecule is O=C(NCC1(CBr)CC1)c1ccco1. The van der Waals surface area contributed by atoms with Crippen molar-refractivity contribution < 1.29 is 9.21 Å². The van der Waals surface area contributed by atoms with Crippen LogP contribution in [-0.2, 0) is 0 Å². The molecule has 1 N–H and O–H groups in total. The molecule has 3 nitrogen and oxygen atoms in total. The van der Waals surface area contributed by atoms with Gasteiger partial charge in [-0.2, -0.15) is 0 Å². The van der Waals surface area contributed by atoms with Gasteiger partial charge in [0.1, 0.15) is 0 Å². The summed E-state index contributed by atoms with van der Waals surface area (Å²) >= 11 is 3.46. The molecule has 4 heteroatoms. The van der Waals surface area contributed by atoms with Gasteiger partial charge < -0.3 is 9.73 Å². The molecule has 1 amide bonds. The van der Waals surface area contributed by atoms with E-state index in [1.807, 2.05) is 0 Å². The first-order valence-electron chi connectivity index (χ1n) is 4.63. The summed E-state index contributed by atoms with van der Waals surface area (Å²) in [4.78, 5) is 11.5. The Bertz CT molecular complexity index is 317. The zero-order valence-corrected chi connectivity index (χ0v) is 9.34. The number of carbonyl (C=O) groups is 1. The molecule has 2 rings (SSSR count). The maximum absolute atomic E-state index is 11.5. The van der Waals surface area contributed by atoms with Crippen LogP contribution in [0.1, 0.15) is 23.4 Å². The predicted molar refractivity (Wildman–Crippen MR) is 56.5 cm³/mol. The summed E-state index contributed by atoms with van der Waals surface area (Å²) in [5.74, 6) is 0.262. The fraction of sp³-hybridized carbons (Fsp3) is 0.500. The molecule has 1 aromatic rings. The quantitative estimate of drug-likeness (QED) is 0.841. The second-order valence-corrected chi connectivity index (χ2v) is 4.35. The lowest BCUT2D eigenvalue weighted by atomic mass is 10.1. The van der Waals surface area contributed by atoms with Gasteiger partial charge in [-0.15, -0.1) is 0 Å². The number of alkyl halides is 1. The molecular formula is C10H12BrNO2. The summed E-state index contributed by atoms with van der Waals surface area (Å²) < 4.78 is 4.99. The first kappa shape index (κ1) is 9.77. The smallest absolute Gasteiger partial charge is 0.286 e. The highest BCUT2D eigenvalue weighted by Gasteiger charge is 2.41. The maximum Gasteiger partial charge on any atom is 0.286 e. The molecule has 1 aromatic heterocycles. The van der Waals surface area contributed by atoms with Gasteiger partial charge in [-0.05, 0) is 30.4 Å². The van der Waals surface area contributed by atoms with Gasteiger partial charge in [0, 0.05) is 11.9 Å². The fourth-order valence-electron chi connectivity index (χ4n) is 1.30. The zero-order chi connectivity index (χ0) is 10.0. The summed E-state index contributed by atoms with van der Waals surface area (Å²) in [6.07, 6.45) is 3.89. The number of furan rings is 1.